The Balaban J connectivity index is 2.01. The van der Waals surface area contributed by atoms with Gasteiger partial charge >= 0.3 is 5.97 Å². The second kappa shape index (κ2) is 5.83. The number of hydrogen-bond donors (Lipinski definition) is 1. The van der Waals surface area contributed by atoms with Crippen molar-refractivity contribution in [3.8, 4) is 0 Å². The van der Waals surface area contributed by atoms with E-state index < -0.39 is 5.97 Å². The first-order valence-corrected chi connectivity index (χ1v) is 6.78. The van der Waals surface area contributed by atoms with E-state index in [1.165, 1.54) is 12.8 Å². The van der Waals surface area contributed by atoms with Gasteiger partial charge in [0.2, 0.25) is 0 Å². The zero-order valence-electron chi connectivity index (χ0n) is 10.6. The van der Waals surface area contributed by atoms with Crippen molar-refractivity contribution in [3.05, 3.63) is 0 Å². The molecule has 1 saturated carbocycles. The highest BCUT2D eigenvalue weighted by Gasteiger charge is 2.35. The highest BCUT2D eigenvalue weighted by molar-refractivity contribution is 5.73. The molecule has 0 amide bonds. The maximum Gasteiger partial charge on any atom is 0.320 e. The third kappa shape index (κ3) is 3.42. The molecule has 17 heavy (non-hydrogen) atoms. The third-order valence-corrected chi connectivity index (χ3v) is 3.90. The van der Waals surface area contributed by atoms with E-state index >= 15 is 0 Å². The first kappa shape index (κ1) is 12.8. The average molecular weight is 241 g/mol. The number of aliphatic carboxylic acids is 1. The first-order chi connectivity index (χ1) is 8.22. The molecule has 4 heteroatoms. The Bertz CT molecular complexity index is 259. The van der Waals surface area contributed by atoms with Crippen LogP contribution in [0.2, 0.25) is 0 Å². The first-order valence-electron chi connectivity index (χ1n) is 6.78. The standard InChI is InChI=1S/C13H23NO3/c1-2-12(13(15)16)14(9-10-3-4-10)11-5-7-17-8-6-11/h10-12H,2-9H2,1H3,(H,15,16)/t12-/m1/s1. The normalized spacial score (nSPS) is 23.9. The number of hydrogen-bond acceptors (Lipinski definition) is 3. The molecule has 0 aromatic rings. The molecule has 1 atom stereocenters. The highest BCUT2D eigenvalue weighted by atomic mass is 16.5. The number of nitrogens with zero attached hydrogens (tertiary/aromatic N) is 1. The largest absolute Gasteiger partial charge is 0.480 e. The van der Waals surface area contributed by atoms with Crippen LogP contribution in [0.4, 0.5) is 0 Å². The van der Waals surface area contributed by atoms with Crippen LogP contribution in [0.3, 0.4) is 0 Å². The van der Waals surface area contributed by atoms with Gasteiger partial charge < -0.3 is 9.84 Å². The van der Waals surface area contributed by atoms with Crippen LogP contribution in [0.25, 0.3) is 0 Å². The summed E-state index contributed by atoms with van der Waals surface area (Å²) in [5.74, 6) is 0.0749. The maximum absolute atomic E-state index is 11.3. The quantitative estimate of drug-likeness (QED) is 0.769. The summed E-state index contributed by atoms with van der Waals surface area (Å²) in [5.41, 5.74) is 0. The summed E-state index contributed by atoms with van der Waals surface area (Å²) in [4.78, 5) is 13.6. The summed E-state index contributed by atoms with van der Waals surface area (Å²) >= 11 is 0. The number of carboxylic acids is 1. The predicted octanol–water partition coefficient (Wildman–Crippen LogP) is 1.74. The molecule has 0 radical (unpaired) electrons. The van der Waals surface area contributed by atoms with Crippen molar-refractivity contribution in [2.24, 2.45) is 5.92 Å². The number of carbonyl (C=O) groups is 1. The van der Waals surface area contributed by atoms with Crippen molar-refractivity contribution in [2.75, 3.05) is 19.8 Å². The van der Waals surface area contributed by atoms with E-state index in [2.05, 4.69) is 4.90 Å². The van der Waals surface area contributed by atoms with Gasteiger partial charge in [-0.25, -0.2) is 0 Å². The van der Waals surface area contributed by atoms with Crippen LogP contribution in [0.15, 0.2) is 0 Å². The highest BCUT2D eigenvalue weighted by Crippen LogP contribution is 2.32. The molecule has 1 N–H and O–H groups in total. The van der Waals surface area contributed by atoms with Gasteiger partial charge in [0.1, 0.15) is 6.04 Å². The van der Waals surface area contributed by atoms with Crippen molar-refractivity contribution in [2.45, 2.75) is 51.1 Å². The zero-order chi connectivity index (χ0) is 12.3. The van der Waals surface area contributed by atoms with Crippen molar-refractivity contribution in [3.63, 3.8) is 0 Å². The van der Waals surface area contributed by atoms with Crippen LogP contribution in [0.5, 0.6) is 0 Å². The molecule has 2 fully saturated rings. The van der Waals surface area contributed by atoms with Gasteiger partial charge in [0.15, 0.2) is 0 Å². The van der Waals surface area contributed by atoms with E-state index in [0.717, 1.165) is 38.5 Å². The molecular weight excluding hydrogens is 218 g/mol. The molecule has 2 aliphatic rings. The summed E-state index contributed by atoms with van der Waals surface area (Å²) in [6.07, 6.45) is 5.21. The van der Waals surface area contributed by atoms with E-state index in [4.69, 9.17) is 4.74 Å². The van der Waals surface area contributed by atoms with Gasteiger partial charge in [-0.2, -0.15) is 0 Å². The number of ether oxygens (including phenoxy) is 1. The van der Waals surface area contributed by atoms with Gasteiger partial charge in [0.25, 0.3) is 0 Å². The predicted molar refractivity (Wildman–Crippen MR) is 65.0 cm³/mol. The molecule has 0 aromatic heterocycles. The van der Waals surface area contributed by atoms with Crippen molar-refractivity contribution >= 4 is 5.97 Å². The van der Waals surface area contributed by atoms with Crippen molar-refractivity contribution < 1.29 is 14.6 Å². The Morgan fingerprint density at radius 3 is 2.47 bits per heavy atom. The molecule has 1 heterocycles. The fourth-order valence-electron chi connectivity index (χ4n) is 2.70. The Hall–Kier alpha value is -0.610. The van der Waals surface area contributed by atoms with Gasteiger partial charge in [-0.3, -0.25) is 9.69 Å². The minimum atomic E-state index is -0.667. The topological polar surface area (TPSA) is 49.8 Å². The second-order valence-electron chi connectivity index (χ2n) is 5.25. The SMILES string of the molecule is CC[C@H](C(=O)O)N(CC1CC1)C1CCOCC1. The van der Waals surface area contributed by atoms with E-state index in [-0.39, 0.29) is 6.04 Å². The molecule has 1 aliphatic heterocycles. The van der Waals surface area contributed by atoms with Gasteiger partial charge in [-0.1, -0.05) is 6.92 Å². The summed E-state index contributed by atoms with van der Waals surface area (Å²) in [6, 6.07) is 0.101. The Kier molecular flexibility index (Phi) is 4.40. The molecule has 0 bridgehead atoms. The van der Waals surface area contributed by atoms with Crippen LogP contribution < -0.4 is 0 Å². The van der Waals surface area contributed by atoms with E-state index in [9.17, 15) is 9.90 Å². The lowest BCUT2D eigenvalue weighted by Gasteiger charge is -2.37. The lowest BCUT2D eigenvalue weighted by Crippen LogP contribution is -2.50. The van der Waals surface area contributed by atoms with E-state index in [1.54, 1.807) is 0 Å². The van der Waals surface area contributed by atoms with Crippen LogP contribution in [0.1, 0.15) is 39.0 Å². The molecule has 1 saturated heterocycles. The van der Waals surface area contributed by atoms with Crippen LogP contribution in [-0.4, -0.2) is 47.8 Å². The smallest absolute Gasteiger partial charge is 0.320 e. The van der Waals surface area contributed by atoms with Gasteiger partial charge in [0, 0.05) is 25.8 Å². The monoisotopic (exact) mass is 241 g/mol. The molecule has 1 aliphatic carbocycles. The molecule has 4 nitrogen and oxygen atoms in total. The molecular formula is C13H23NO3. The fourth-order valence-corrected chi connectivity index (χ4v) is 2.70. The second-order valence-corrected chi connectivity index (χ2v) is 5.25. The van der Waals surface area contributed by atoms with Crippen molar-refractivity contribution in [1.29, 1.82) is 0 Å². The van der Waals surface area contributed by atoms with Crippen LogP contribution in [0, 0.1) is 5.92 Å². The molecule has 0 aromatic carbocycles. The van der Waals surface area contributed by atoms with E-state index in [1.807, 2.05) is 6.92 Å². The number of rotatable bonds is 6. The van der Waals surface area contributed by atoms with Crippen molar-refractivity contribution in [1.82, 2.24) is 4.90 Å². The minimum absolute atomic E-state index is 0.307. The Labute approximate surface area is 103 Å². The third-order valence-electron chi connectivity index (χ3n) is 3.90. The Morgan fingerprint density at radius 1 is 1.35 bits per heavy atom. The summed E-state index contributed by atoms with van der Waals surface area (Å²) in [5, 5.41) is 9.33. The number of carboxylic acid groups (broad SMARTS) is 1. The van der Waals surface area contributed by atoms with Gasteiger partial charge in [-0.05, 0) is 38.0 Å². The molecule has 0 unspecified atom stereocenters. The zero-order valence-corrected chi connectivity index (χ0v) is 10.6. The Morgan fingerprint density at radius 2 is 2.00 bits per heavy atom. The van der Waals surface area contributed by atoms with Gasteiger partial charge in [-0.15, -0.1) is 0 Å². The summed E-state index contributed by atoms with van der Waals surface area (Å²) in [7, 11) is 0. The summed E-state index contributed by atoms with van der Waals surface area (Å²) < 4.78 is 5.37. The maximum atomic E-state index is 11.3. The fraction of sp³-hybridized carbons (Fsp3) is 0.923. The summed E-state index contributed by atoms with van der Waals surface area (Å²) in [6.45, 7) is 4.50. The molecule has 0 spiro atoms. The lowest BCUT2D eigenvalue weighted by molar-refractivity contribution is -0.145. The minimum Gasteiger partial charge on any atom is -0.480 e. The van der Waals surface area contributed by atoms with E-state index in [0.29, 0.717) is 12.5 Å². The van der Waals surface area contributed by atoms with Gasteiger partial charge in [0.05, 0.1) is 0 Å². The average Bonchev–Trinajstić information content (AvgIpc) is 3.13. The lowest BCUT2D eigenvalue weighted by atomic mass is 10.0. The molecule has 2 rings (SSSR count). The van der Waals surface area contributed by atoms with Crippen LogP contribution >= 0.6 is 0 Å². The molecule has 98 valence electrons. The van der Waals surface area contributed by atoms with Crippen LogP contribution in [-0.2, 0) is 9.53 Å².